The van der Waals surface area contributed by atoms with Gasteiger partial charge in [-0.05, 0) is 50.3 Å². The summed E-state index contributed by atoms with van der Waals surface area (Å²) >= 11 is 0. The Morgan fingerprint density at radius 2 is 2.00 bits per heavy atom. The van der Waals surface area contributed by atoms with Crippen LogP contribution in [0, 0.1) is 20.8 Å². The second kappa shape index (κ2) is 6.68. The molecule has 2 aromatic heterocycles. The number of nitrogens with zero attached hydrogens (tertiary/aromatic N) is 4. The first-order chi connectivity index (χ1) is 13.0. The van der Waals surface area contributed by atoms with Crippen molar-refractivity contribution in [2.24, 2.45) is 7.05 Å². The van der Waals surface area contributed by atoms with Gasteiger partial charge < -0.3 is 9.42 Å². The molecule has 0 radical (unpaired) electrons. The molecule has 1 fully saturated rings. The molecule has 0 unspecified atom stereocenters. The quantitative estimate of drug-likeness (QED) is 0.705. The third kappa shape index (κ3) is 3.05. The summed E-state index contributed by atoms with van der Waals surface area (Å²) in [5, 5.41) is 8.27. The third-order valence-electron chi connectivity index (χ3n) is 5.66. The fourth-order valence-electron chi connectivity index (χ4n) is 3.72. The Morgan fingerprint density at radius 1 is 1.19 bits per heavy atom. The summed E-state index contributed by atoms with van der Waals surface area (Å²) in [7, 11) is 1.87. The van der Waals surface area contributed by atoms with Crippen molar-refractivity contribution in [2.75, 3.05) is 6.54 Å². The number of carbonyl (C=O) groups is 1. The highest BCUT2D eigenvalue weighted by Crippen LogP contribution is 2.34. The molecule has 6 nitrogen and oxygen atoms in total. The molecule has 27 heavy (non-hydrogen) atoms. The first-order valence-electron chi connectivity index (χ1n) is 9.29. The maximum Gasteiger partial charge on any atom is 0.276 e. The van der Waals surface area contributed by atoms with E-state index in [0.717, 1.165) is 30.6 Å². The lowest BCUT2D eigenvalue weighted by atomic mass is 9.99. The number of benzene rings is 1. The van der Waals surface area contributed by atoms with Crippen molar-refractivity contribution >= 4 is 5.91 Å². The van der Waals surface area contributed by atoms with Gasteiger partial charge in [0.25, 0.3) is 5.91 Å². The molecule has 6 heteroatoms. The van der Waals surface area contributed by atoms with Crippen LogP contribution in [0.15, 0.2) is 35.0 Å². The Labute approximate surface area is 158 Å². The first kappa shape index (κ1) is 17.5. The Hall–Kier alpha value is -2.89. The topological polar surface area (TPSA) is 64.2 Å². The van der Waals surface area contributed by atoms with Gasteiger partial charge in [0.2, 0.25) is 0 Å². The van der Waals surface area contributed by atoms with E-state index >= 15 is 0 Å². The van der Waals surface area contributed by atoms with Crippen LogP contribution in [0.2, 0.25) is 0 Å². The number of hydrogen-bond donors (Lipinski definition) is 0. The van der Waals surface area contributed by atoms with Gasteiger partial charge in [-0.3, -0.25) is 9.48 Å². The van der Waals surface area contributed by atoms with Crippen LogP contribution in [0.4, 0.5) is 0 Å². The Bertz CT molecular complexity index is 1000. The van der Waals surface area contributed by atoms with Gasteiger partial charge in [0.1, 0.15) is 0 Å². The number of carbonyl (C=O) groups excluding carboxylic acids is 1. The Kier molecular flexibility index (Phi) is 4.34. The van der Waals surface area contributed by atoms with Crippen LogP contribution in [-0.4, -0.2) is 32.3 Å². The van der Waals surface area contributed by atoms with Crippen molar-refractivity contribution in [3.8, 4) is 11.3 Å². The van der Waals surface area contributed by atoms with Gasteiger partial charge in [-0.2, -0.15) is 5.10 Å². The van der Waals surface area contributed by atoms with E-state index in [-0.39, 0.29) is 11.9 Å². The monoisotopic (exact) mass is 364 g/mol. The van der Waals surface area contributed by atoms with Crippen LogP contribution in [0.5, 0.6) is 0 Å². The van der Waals surface area contributed by atoms with Crippen LogP contribution in [0.25, 0.3) is 11.3 Å². The maximum atomic E-state index is 13.1. The molecular weight excluding hydrogens is 340 g/mol. The fourth-order valence-corrected chi connectivity index (χ4v) is 3.72. The van der Waals surface area contributed by atoms with E-state index in [9.17, 15) is 4.79 Å². The Morgan fingerprint density at radius 3 is 2.70 bits per heavy atom. The minimum atomic E-state index is -0.0766. The van der Waals surface area contributed by atoms with Crippen molar-refractivity contribution in [2.45, 2.75) is 39.7 Å². The summed E-state index contributed by atoms with van der Waals surface area (Å²) in [5.74, 6) is 0.498. The second-order valence-corrected chi connectivity index (χ2v) is 7.34. The molecule has 1 atom stereocenters. The number of likely N-dealkylation sites (tertiary alicyclic amines) is 1. The van der Waals surface area contributed by atoms with Crippen LogP contribution in [0.3, 0.4) is 0 Å². The molecule has 1 aliphatic heterocycles. The van der Waals surface area contributed by atoms with E-state index in [1.54, 1.807) is 16.9 Å². The average Bonchev–Trinajstić information content (AvgIpc) is 3.38. The smallest absolute Gasteiger partial charge is 0.276 e. The van der Waals surface area contributed by atoms with E-state index in [1.807, 2.05) is 18.9 Å². The third-order valence-corrected chi connectivity index (χ3v) is 5.66. The molecule has 1 saturated heterocycles. The van der Waals surface area contributed by atoms with E-state index in [1.165, 1.54) is 16.7 Å². The molecule has 0 aliphatic carbocycles. The van der Waals surface area contributed by atoms with E-state index in [2.05, 4.69) is 42.3 Å². The molecule has 1 amide bonds. The molecule has 0 bridgehead atoms. The SMILES string of the molecule is Cc1ccc([C@H]2CCCN2C(=O)c2cc(-c3cnn(C)c3C)on2)cc1C. The zero-order valence-electron chi connectivity index (χ0n) is 16.2. The van der Waals surface area contributed by atoms with Gasteiger partial charge in [0, 0.05) is 25.4 Å². The number of rotatable bonds is 3. The van der Waals surface area contributed by atoms with Crippen molar-refractivity contribution in [3.63, 3.8) is 0 Å². The standard InChI is InChI=1S/C21H24N4O2/c1-13-7-8-16(10-14(13)2)19-6-5-9-25(19)21(26)18-11-20(27-23-18)17-12-22-24(4)15(17)3/h7-8,10-12,19H,5-6,9H2,1-4H3/t19-/m1/s1. The summed E-state index contributed by atoms with van der Waals surface area (Å²) in [5.41, 5.74) is 5.89. The summed E-state index contributed by atoms with van der Waals surface area (Å²) in [6, 6.07) is 8.27. The zero-order valence-corrected chi connectivity index (χ0v) is 16.2. The minimum absolute atomic E-state index is 0.0766. The second-order valence-electron chi connectivity index (χ2n) is 7.34. The minimum Gasteiger partial charge on any atom is -0.355 e. The molecule has 3 heterocycles. The van der Waals surface area contributed by atoms with Gasteiger partial charge in [-0.25, -0.2) is 0 Å². The van der Waals surface area contributed by atoms with Gasteiger partial charge in [0.05, 0.1) is 17.8 Å². The molecule has 0 saturated carbocycles. The highest BCUT2D eigenvalue weighted by Gasteiger charge is 2.32. The van der Waals surface area contributed by atoms with Crippen LogP contribution in [0.1, 0.15) is 51.8 Å². The predicted octanol–water partition coefficient (Wildman–Crippen LogP) is 3.98. The van der Waals surface area contributed by atoms with Crippen LogP contribution < -0.4 is 0 Å². The number of aromatic nitrogens is 3. The molecule has 140 valence electrons. The summed E-state index contributed by atoms with van der Waals surface area (Å²) in [6.07, 6.45) is 3.70. The van der Waals surface area contributed by atoms with E-state index in [4.69, 9.17) is 4.52 Å². The Balaban J connectivity index is 1.60. The van der Waals surface area contributed by atoms with Gasteiger partial charge in [-0.15, -0.1) is 0 Å². The largest absolute Gasteiger partial charge is 0.355 e. The van der Waals surface area contributed by atoms with Gasteiger partial charge >= 0.3 is 0 Å². The van der Waals surface area contributed by atoms with Crippen molar-refractivity contribution in [1.82, 2.24) is 19.8 Å². The normalized spacial score (nSPS) is 16.9. The number of hydrogen-bond acceptors (Lipinski definition) is 4. The van der Waals surface area contributed by atoms with Gasteiger partial charge in [0.15, 0.2) is 11.5 Å². The average molecular weight is 364 g/mol. The lowest BCUT2D eigenvalue weighted by molar-refractivity contribution is 0.0725. The predicted molar refractivity (Wildman–Crippen MR) is 102 cm³/mol. The lowest BCUT2D eigenvalue weighted by Gasteiger charge is -2.24. The lowest BCUT2D eigenvalue weighted by Crippen LogP contribution is -2.30. The van der Waals surface area contributed by atoms with Crippen LogP contribution in [-0.2, 0) is 7.05 Å². The van der Waals surface area contributed by atoms with E-state index in [0.29, 0.717) is 11.5 Å². The highest BCUT2D eigenvalue weighted by atomic mass is 16.5. The molecule has 3 aromatic rings. The molecule has 4 rings (SSSR count). The number of amides is 1. The highest BCUT2D eigenvalue weighted by molar-refractivity contribution is 5.93. The first-order valence-corrected chi connectivity index (χ1v) is 9.29. The molecule has 1 aliphatic rings. The summed E-state index contributed by atoms with van der Waals surface area (Å²) in [4.78, 5) is 15.0. The van der Waals surface area contributed by atoms with E-state index < -0.39 is 0 Å². The fraction of sp³-hybridized carbons (Fsp3) is 0.381. The molecule has 0 spiro atoms. The van der Waals surface area contributed by atoms with Gasteiger partial charge in [-0.1, -0.05) is 23.4 Å². The van der Waals surface area contributed by atoms with Crippen molar-refractivity contribution in [3.05, 3.63) is 58.5 Å². The summed E-state index contributed by atoms with van der Waals surface area (Å²) < 4.78 is 7.22. The maximum absolute atomic E-state index is 13.1. The zero-order chi connectivity index (χ0) is 19.1. The molecule has 0 N–H and O–H groups in total. The van der Waals surface area contributed by atoms with Crippen molar-refractivity contribution < 1.29 is 9.32 Å². The van der Waals surface area contributed by atoms with Crippen molar-refractivity contribution in [1.29, 1.82) is 0 Å². The molecular formula is C21H24N4O2. The summed E-state index contributed by atoms with van der Waals surface area (Å²) in [6.45, 7) is 6.92. The molecule has 1 aromatic carbocycles. The number of aryl methyl sites for hydroxylation is 3. The van der Waals surface area contributed by atoms with Crippen LogP contribution >= 0.6 is 0 Å².